The van der Waals surface area contributed by atoms with Gasteiger partial charge < -0.3 is 9.67 Å². The summed E-state index contributed by atoms with van der Waals surface area (Å²) in [7, 11) is 0. The maximum atomic E-state index is 10.9. The van der Waals surface area contributed by atoms with Crippen LogP contribution in [0.15, 0.2) is 78.9 Å². The van der Waals surface area contributed by atoms with Gasteiger partial charge in [0.15, 0.2) is 5.82 Å². The van der Waals surface area contributed by atoms with E-state index in [1.54, 1.807) is 0 Å². The molecule has 0 saturated carbocycles. The van der Waals surface area contributed by atoms with Crippen molar-refractivity contribution in [1.82, 2.24) is 40.4 Å². The molecule has 1 atom stereocenters. The molecule has 6 aromatic rings. The van der Waals surface area contributed by atoms with Gasteiger partial charge >= 0.3 is 0 Å². The fourth-order valence-electron chi connectivity index (χ4n) is 5.05. The fraction of sp³-hybridized carbons (Fsp3) is 0.200. The van der Waals surface area contributed by atoms with Crippen molar-refractivity contribution in [3.8, 4) is 28.4 Å². The standard InChI is InChI=1S/C30H28N8O/c1-18(2)29-31-26-25(19(3)21-9-5-4-6-10-21)32-35-30(39)27(26)38(29)17-20-13-15-22(16-14-20)23-11-7-8-12-24(23)28-33-36-37-34-28/h4-16,18-19H,17H2,1-3H3,(H,35,39)(H,33,34,36,37). The lowest BCUT2D eigenvalue weighted by Crippen LogP contribution is -2.07. The van der Waals surface area contributed by atoms with Gasteiger partial charge in [-0.25, -0.2) is 10.1 Å². The molecule has 0 spiro atoms. The Morgan fingerprint density at radius 2 is 1.54 bits per heavy atom. The zero-order valence-electron chi connectivity index (χ0n) is 21.9. The molecule has 0 aliphatic heterocycles. The van der Waals surface area contributed by atoms with E-state index in [9.17, 15) is 5.11 Å². The maximum absolute atomic E-state index is 10.9. The van der Waals surface area contributed by atoms with Crippen molar-refractivity contribution >= 4 is 11.0 Å². The number of nitrogens with one attached hydrogen (secondary N) is 1. The van der Waals surface area contributed by atoms with Crippen LogP contribution in [0.3, 0.4) is 0 Å². The first kappa shape index (κ1) is 24.4. The van der Waals surface area contributed by atoms with Crippen LogP contribution in [0.25, 0.3) is 33.5 Å². The minimum Gasteiger partial charge on any atom is -0.491 e. The molecule has 0 saturated heterocycles. The molecule has 2 N–H and O–H groups in total. The van der Waals surface area contributed by atoms with Gasteiger partial charge in [0.1, 0.15) is 16.9 Å². The number of aromatic amines is 1. The number of rotatable bonds is 7. The van der Waals surface area contributed by atoms with Crippen LogP contribution in [0.2, 0.25) is 0 Å². The van der Waals surface area contributed by atoms with Crippen molar-refractivity contribution in [1.29, 1.82) is 0 Å². The van der Waals surface area contributed by atoms with E-state index in [-0.39, 0.29) is 17.7 Å². The number of tetrazole rings is 1. The van der Waals surface area contributed by atoms with E-state index in [0.717, 1.165) is 39.3 Å². The Hall–Kier alpha value is -4.92. The third kappa shape index (κ3) is 4.52. The summed E-state index contributed by atoms with van der Waals surface area (Å²) in [5, 5.41) is 33.8. The van der Waals surface area contributed by atoms with E-state index < -0.39 is 0 Å². The van der Waals surface area contributed by atoms with Crippen molar-refractivity contribution in [2.24, 2.45) is 0 Å². The number of hydrogen-bond acceptors (Lipinski definition) is 7. The van der Waals surface area contributed by atoms with Gasteiger partial charge in [-0.1, -0.05) is 99.6 Å². The highest BCUT2D eigenvalue weighted by molar-refractivity contribution is 5.84. The second-order valence-corrected chi connectivity index (χ2v) is 9.94. The quantitative estimate of drug-likeness (QED) is 0.279. The summed E-state index contributed by atoms with van der Waals surface area (Å²) >= 11 is 0. The Balaban J connectivity index is 1.39. The normalized spacial score (nSPS) is 12.3. The van der Waals surface area contributed by atoms with E-state index in [4.69, 9.17) is 4.98 Å². The predicted molar refractivity (Wildman–Crippen MR) is 149 cm³/mol. The summed E-state index contributed by atoms with van der Waals surface area (Å²) in [6.07, 6.45) is 0. The molecule has 0 amide bonds. The van der Waals surface area contributed by atoms with Crippen LogP contribution in [0.4, 0.5) is 0 Å². The molecule has 9 heteroatoms. The average molecular weight is 517 g/mol. The molecular formula is C30H28N8O. The molecule has 3 aromatic carbocycles. The largest absolute Gasteiger partial charge is 0.491 e. The molecule has 39 heavy (non-hydrogen) atoms. The maximum Gasteiger partial charge on any atom is 0.257 e. The van der Waals surface area contributed by atoms with Gasteiger partial charge in [-0.3, -0.25) is 0 Å². The van der Waals surface area contributed by atoms with Crippen molar-refractivity contribution in [2.45, 2.75) is 39.2 Å². The monoisotopic (exact) mass is 516 g/mol. The van der Waals surface area contributed by atoms with Crippen LogP contribution in [0, 0.1) is 0 Å². The van der Waals surface area contributed by atoms with Gasteiger partial charge in [0.05, 0.1) is 5.69 Å². The van der Waals surface area contributed by atoms with Gasteiger partial charge in [0, 0.05) is 23.9 Å². The third-order valence-corrected chi connectivity index (χ3v) is 7.06. The molecule has 0 radical (unpaired) electrons. The molecule has 1 unspecified atom stereocenters. The van der Waals surface area contributed by atoms with Crippen LogP contribution in [-0.2, 0) is 6.54 Å². The number of nitrogens with zero attached hydrogens (tertiary/aromatic N) is 7. The van der Waals surface area contributed by atoms with E-state index in [1.165, 1.54) is 0 Å². The van der Waals surface area contributed by atoms with Crippen LogP contribution in [-0.4, -0.2) is 45.5 Å². The summed E-state index contributed by atoms with van der Waals surface area (Å²) < 4.78 is 2.06. The Labute approximate surface area is 225 Å². The Bertz CT molecular complexity index is 1730. The SMILES string of the molecule is CC(C)c1nc2c(C(C)c3ccccc3)nnc(O)c2n1Cc1ccc(-c2ccccc2-c2nnn[nH]2)cc1. The minimum atomic E-state index is -0.111. The van der Waals surface area contributed by atoms with Gasteiger partial charge in [0.25, 0.3) is 5.88 Å². The smallest absolute Gasteiger partial charge is 0.257 e. The lowest BCUT2D eigenvalue weighted by atomic mass is 9.97. The van der Waals surface area contributed by atoms with Crippen LogP contribution >= 0.6 is 0 Å². The number of aromatic hydroxyl groups is 1. The lowest BCUT2D eigenvalue weighted by Gasteiger charge is -2.14. The number of aromatic nitrogens is 8. The first-order valence-corrected chi connectivity index (χ1v) is 12.9. The number of imidazole rings is 1. The molecule has 9 nitrogen and oxygen atoms in total. The molecule has 3 heterocycles. The third-order valence-electron chi connectivity index (χ3n) is 7.06. The number of fused-ring (bicyclic) bond motifs is 1. The summed E-state index contributed by atoms with van der Waals surface area (Å²) in [5.74, 6) is 1.50. The lowest BCUT2D eigenvalue weighted by molar-refractivity contribution is 0.447. The molecule has 3 aromatic heterocycles. The average Bonchev–Trinajstić information content (AvgIpc) is 3.63. The highest BCUT2D eigenvalue weighted by atomic mass is 16.3. The molecule has 194 valence electrons. The predicted octanol–water partition coefficient (Wildman–Crippen LogP) is 5.70. The second kappa shape index (κ2) is 10.1. The highest BCUT2D eigenvalue weighted by Crippen LogP contribution is 2.35. The van der Waals surface area contributed by atoms with Gasteiger partial charge in [0.2, 0.25) is 0 Å². The van der Waals surface area contributed by atoms with Gasteiger partial charge in [-0.05, 0) is 32.7 Å². The zero-order chi connectivity index (χ0) is 26.9. The van der Waals surface area contributed by atoms with E-state index >= 15 is 0 Å². The van der Waals surface area contributed by atoms with Gasteiger partial charge in [-0.15, -0.1) is 15.3 Å². The van der Waals surface area contributed by atoms with E-state index in [0.29, 0.717) is 23.4 Å². The zero-order valence-corrected chi connectivity index (χ0v) is 21.9. The van der Waals surface area contributed by atoms with Crippen molar-refractivity contribution in [3.63, 3.8) is 0 Å². The summed E-state index contributed by atoms with van der Waals surface area (Å²) in [5.41, 5.74) is 7.27. The van der Waals surface area contributed by atoms with Crippen LogP contribution in [0.1, 0.15) is 55.3 Å². The van der Waals surface area contributed by atoms with E-state index in [1.807, 2.05) is 36.4 Å². The molecular weight excluding hydrogens is 488 g/mol. The fourth-order valence-corrected chi connectivity index (χ4v) is 5.05. The summed E-state index contributed by atoms with van der Waals surface area (Å²) in [6.45, 7) is 6.84. The minimum absolute atomic E-state index is 0.0240. The molecule has 0 fully saturated rings. The van der Waals surface area contributed by atoms with Crippen molar-refractivity contribution in [3.05, 3.63) is 102 Å². The van der Waals surface area contributed by atoms with E-state index in [2.05, 4.69) is 98.6 Å². The van der Waals surface area contributed by atoms with Crippen molar-refractivity contribution < 1.29 is 5.11 Å². The van der Waals surface area contributed by atoms with Crippen molar-refractivity contribution in [2.75, 3.05) is 0 Å². The Morgan fingerprint density at radius 1 is 0.821 bits per heavy atom. The van der Waals surface area contributed by atoms with Crippen LogP contribution < -0.4 is 0 Å². The number of hydrogen-bond donors (Lipinski definition) is 2. The Morgan fingerprint density at radius 3 is 2.23 bits per heavy atom. The summed E-state index contributed by atoms with van der Waals surface area (Å²) in [4.78, 5) is 5.00. The molecule has 0 bridgehead atoms. The summed E-state index contributed by atoms with van der Waals surface area (Å²) in [6, 6.07) is 26.6. The van der Waals surface area contributed by atoms with Gasteiger partial charge in [-0.2, -0.15) is 0 Å². The highest BCUT2D eigenvalue weighted by Gasteiger charge is 2.24. The Kier molecular flexibility index (Phi) is 6.32. The number of H-pyrrole nitrogens is 1. The first-order valence-electron chi connectivity index (χ1n) is 12.9. The first-order chi connectivity index (χ1) is 19.0. The molecule has 0 aliphatic rings. The second-order valence-electron chi connectivity index (χ2n) is 9.94. The molecule has 6 rings (SSSR count). The molecule has 0 aliphatic carbocycles. The topological polar surface area (TPSA) is 118 Å². The number of benzene rings is 3. The van der Waals surface area contributed by atoms with Crippen LogP contribution in [0.5, 0.6) is 5.88 Å².